The maximum atomic E-state index is 11.7. The Labute approximate surface area is 110 Å². The van der Waals surface area contributed by atoms with Gasteiger partial charge in [0.15, 0.2) is 0 Å². The standard InChI is InChI=1S/C11H9BrN2O2S/c1-14-10(15)8(12)9(13-11(14)16)17-7-5-3-2-4-6-7/h2-6H,1H3,(H,13,16). The van der Waals surface area contributed by atoms with Gasteiger partial charge in [-0.05, 0) is 28.1 Å². The molecule has 0 fully saturated rings. The quantitative estimate of drug-likeness (QED) is 0.863. The van der Waals surface area contributed by atoms with E-state index in [9.17, 15) is 9.59 Å². The molecule has 4 nitrogen and oxygen atoms in total. The lowest BCUT2D eigenvalue weighted by Crippen LogP contribution is -2.33. The fraction of sp³-hybridized carbons (Fsp3) is 0.0909. The van der Waals surface area contributed by atoms with E-state index in [0.717, 1.165) is 9.46 Å². The highest BCUT2D eigenvalue weighted by molar-refractivity contribution is 9.10. The summed E-state index contributed by atoms with van der Waals surface area (Å²) in [7, 11) is 1.43. The van der Waals surface area contributed by atoms with Crippen molar-refractivity contribution in [2.45, 2.75) is 9.92 Å². The van der Waals surface area contributed by atoms with Gasteiger partial charge in [0.05, 0.1) is 0 Å². The lowest BCUT2D eigenvalue weighted by atomic mass is 10.4. The van der Waals surface area contributed by atoms with Crippen LogP contribution in [0.1, 0.15) is 0 Å². The van der Waals surface area contributed by atoms with Crippen LogP contribution >= 0.6 is 27.7 Å². The van der Waals surface area contributed by atoms with Gasteiger partial charge in [-0.3, -0.25) is 9.36 Å². The summed E-state index contributed by atoms with van der Waals surface area (Å²) < 4.78 is 1.40. The van der Waals surface area contributed by atoms with Gasteiger partial charge in [0.1, 0.15) is 9.50 Å². The summed E-state index contributed by atoms with van der Waals surface area (Å²) >= 11 is 4.53. The van der Waals surface area contributed by atoms with E-state index in [1.54, 1.807) is 0 Å². The first-order valence-electron chi connectivity index (χ1n) is 4.81. The van der Waals surface area contributed by atoms with Crippen LogP contribution in [0.25, 0.3) is 0 Å². The van der Waals surface area contributed by atoms with Gasteiger partial charge in [0.2, 0.25) is 0 Å². The molecule has 0 amide bonds. The van der Waals surface area contributed by atoms with Crippen molar-refractivity contribution in [3.8, 4) is 0 Å². The second-order valence-electron chi connectivity index (χ2n) is 3.35. The molecule has 0 saturated heterocycles. The second kappa shape index (κ2) is 4.93. The molecule has 0 atom stereocenters. The molecule has 2 aromatic rings. The molecule has 0 saturated carbocycles. The smallest absolute Gasteiger partial charge is 0.300 e. The molecule has 1 aromatic carbocycles. The van der Waals surface area contributed by atoms with Crippen LogP contribution in [0.2, 0.25) is 0 Å². The molecule has 1 N–H and O–H groups in total. The highest BCUT2D eigenvalue weighted by Crippen LogP contribution is 2.28. The van der Waals surface area contributed by atoms with Crippen LogP contribution in [0.5, 0.6) is 0 Å². The second-order valence-corrected chi connectivity index (χ2v) is 5.23. The van der Waals surface area contributed by atoms with Gasteiger partial charge in [-0.25, -0.2) is 4.79 Å². The van der Waals surface area contributed by atoms with Gasteiger partial charge < -0.3 is 4.98 Å². The fourth-order valence-electron chi connectivity index (χ4n) is 1.25. The molecular weight excluding hydrogens is 304 g/mol. The van der Waals surface area contributed by atoms with Crippen molar-refractivity contribution >= 4 is 27.7 Å². The molecule has 0 aliphatic heterocycles. The minimum atomic E-state index is -0.420. The molecule has 1 heterocycles. The van der Waals surface area contributed by atoms with Gasteiger partial charge in [-0.1, -0.05) is 30.0 Å². The van der Waals surface area contributed by atoms with E-state index in [-0.39, 0.29) is 5.56 Å². The Morgan fingerprint density at radius 3 is 2.53 bits per heavy atom. The zero-order valence-corrected chi connectivity index (χ0v) is 11.3. The van der Waals surface area contributed by atoms with Gasteiger partial charge in [0, 0.05) is 11.9 Å². The minimum Gasteiger partial charge on any atom is -0.300 e. The highest BCUT2D eigenvalue weighted by atomic mass is 79.9. The molecule has 2 rings (SSSR count). The van der Waals surface area contributed by atoms with Gasteiger partial charge in [-0.15, -0.1) is 0 Å². The van der Waals surface area contributed by atoms with Crippen molar-refractivity contribution in [3.63, 3.8) is 0 Å². The number of nitrogens with zero attached hydrogens (tertiary/aromatic N) is 1. The molecule has 0 aliphatic rings. The Balaban J connectivity index is 2.48. The van der Waals surface area contributed by atoms with Crippen LogP contribution < -0.4 is 11.2 Å². The van der Waals surface area contributed by atoms with Gasteiger partial charge in [-0.2, -0.15) is 0 Å². The number of aromatic nitrogens is 2. The maximum Gasteiger partial charge on any atom is 0.328 e. The van der Waals surface area contributed by atoms with Gasteiger partial charge in [0.25, 0.3) is 5.56 Å². The Morgan fingerprint density at radius 2 is 1.88 bits per heavy atom. The van der Waals surface area contributed by atoms with Crippen LogP contribution in [-0.2, 0) is 7.05 Å². The Kier molecular flexibility index (Phi) is 3.54. The Morgan fingerprint density at radius 1 is 1.24 bits per heavy atom. The van der Waals surface area contributed by atoms with Crippen molar-refractivity contribution in [1.29, 1.82) is 0 Å². The molecule has 0 spiro atoms. The summed E-state index contributed by atoms with van der Waals surface area (Å²) in [6, 6.07) is 9.52. The monoisotopic (exact) mass is 312 g/mol. The fourth-order valence-corrected chi connectivity index (χ4v) is 2.70. The number of nitrogens with one attached hydrogen (secondary N) is 1. The first kappa shape index (κ1) is 12.2. The first-order valence-corrected chi connectivity index (χ1v) is 6.42. The van der Waals surface area contributed by atoms with Crippen LogP contribution in [-0.4, -0.2) is 9.55 Å². The third kappa shape index (κ3) is 2.53. The molecule has 0 unspecified atom stereocenters. The van der Waals surface area contributed by atoms with Crippen molar-refractivity contribution < 1.29 is 0 Å². The molecule has 0 bridgehead atoms. The van der Waals surface area contributed by atoms with E-state index in [4.69, 9.17) is 0 Å². The predicted molar refractivity (Wildman–Crippen MR) is 70.6 cm³/mol. The summed E-state index contributed by atoms with van der Waals surface area (Å²) in [6.07, 6.45) is 0. The van der Waals surface area contributed by atoms with Crippen LogP contribution in [0.15, 0.2) is 54.3 Å². The molecule has 0 radical (unpaired) electrons. The lowest BCUT2D eigenvalue weighted by molar-refractivity contribution is 0.739. The number of halogens is 1. The van der Waals surface area contributed by atoms with Crippen molar-refractivity contribution in [3.05, 3.63) is 55.6 Å². The largest absolute Gasteiger partial charge is 0.328 e. The molecule has 1 aromatic heterocycles. The normalized spacial score (nSPS) is 10.5. The number of benzene rings is 1. The number of H-pyrrole nitrogens is 1. The van der Waals surface area contributed by atoms with Crippen molar-refractivity contribution in [1.82, 2.24) is 9.55 Å². The molecule has 6 heteroatoms. The van der Waals surface area contributed by atoms with Crippen LogP contribution in [0.4, 0.5) is 0 Å². The zero-order valence-electron chi connectivity index (χ0n) is 8.94. The van der Waals surface area contributed by atoms with E-state index in [0.29, 0.717) is 9.50 Å². The molecular formula is C11H9BrN2O2S. The topological polar surface area (TPSA) is 54.9 Å². The Hall–Kier alpha value is -1.27. The molecule has 17 heavy (non-hydrogen) atoms. The average molecular weight is 313 g/mol. The first-order chi connectivity index (χ1) is 8.09. The SMILES string of the molecule is Cn1c(=O)[nH]c(Sc2ccccc2)c(Br)c1=O. The summed E-state index contributed by atoms with van der Waals surface area (Å²) in [5.41, 5.74) is -0.760. The zero-order chi connectivity index (χ0) is 12.4. The molecule has 88 valence electrons. The minimum absolute atomic E-state index is 0.341. The predicted octanol–water partition coefficient (Wildman–Crippen LogP) is 1.99. The number of rotatable bonds is 2. The summed E-state index contributed by atoms with van der Waals surface area (Å²) in [6.45, 7) is 0. The Bertz CT molecular complexity index is 649. The van der Waals surface area contributed by atoms with E-state index in [1.165, 1.54) is 18.8 Å². The van der Waals surface area contributed by atoms with Crippen LogP contribution in [0, 0.1) is 0 Å². The summed E-state index contributed by atoms with van der Waals surface area (Å²) in [4.78, 5) is 26.8. The lowest BCUT2D eigenvalue weighted by Gasteiger charge is -2.05. The maximum absolute atomic E-state index is 11.7. The molecule has 0 aliphatic carbocycles. The van der Waals surface area contributed by atoms with Crippen LogP contribution in [0.3, 0.4) is 0 Å². The third-order valence-corrected chi connectivity index (χ3v) is 4.20. The van der Waals surface area contributed by atoms with E-state index in [1.807, 2.05) is 30.3 Å². The number of aromatic amines is 1. The summed E-state index contributed by atoms with van der Waals surface area (Å²) in [5.74, 6) is 0. The van der Waals surface area contributed by atoms with Crippen molar-refractivity contribution in [2.75, 3.05) is 0 Å². The summed E-state index contributed by atoms with van der Waals surface area (Å²) in [5, 5.41) is 0.518. The highest BCUT2D eigenvalue weighted by Gasteiger charge is 2.10. The number of hydrogen-bond acceptors (Lipinski definition) is 3. The third-order valence-electron chi connectivity index (χ3n) is 2.18. The van der Waals surface area contributed by atoms with E-state index in [2.05, 4.69) is 20.9 Å². The van der Waals surface area contributed by atoms with Crippen molar-refractivity contribution in [2.24, 2.45) is 7.05 Å². The number of hydrogen-bond donors (Lipinski definition) is 1. The average Bonchev–Trinajstić information content (AvgIpc) is 2.35. The van der Waals surface area contributed by atoms with E-state index >= 15 is 0 Å². The van der Waals surface area contributed by atoms with Gasteiger partial charge >= 0.3 is 5.69 Å². The van der Waals surface area contributed by atoms with E-state index < -0.39 is 5.69 Å².